The summed E-state index contributed by atoms with van der Waals surface area (Å²) in [5.74, 6) is 2.28. The van der Waals surface area contributed by atoms with Gasteiger partial charge < -0.3 is 14.8 Å². The molecule has 2 unspecified atom stereocenters. The zero-order valence-corrected chi connectivity index (χ0v) is 13.2. The maximum absolute atomic E-state index is 14.1. The molecule has 1 aromatic rings. The van der Waals surface area contributed by atoms with E-state index in [4.69, 9.17) is 9.47 Å². The van der Waals surface area contributed by atoms with Gasteiger partial charge in [0.25, 0.3) is 0 Å². The molecule has 5 heteroatoms. The van der Waals surface area contributed by atoms with Gasteiger partial charge in [0.15, 0.2) is 11.6 Å². The van der Waals surface area contributed by atoms with Crippen molar-refractivity contribution in [2.45, 2.75) is 37.5 Å². The van der Waals surface area contributed by atoms with Crippen LogP contribution in [0.1, 0.15) is 24.8 Å². The minimum absolute atomic E-state index is 0.0316. The molecule has 0 saturated carbocycles. The van der Waals surface area contributed by atoms with Crippen LogP contribution in [-0.2, 0) is 11.3 Å². The first-order valence-corrected chi connectivity index (χ1v) is 8.68. The topological polar surface area (TPSA) is 30.5 Å². The highest BCUT2D eigenvalue weighted by Gasteiger charge is 2.41. The van der Waals surface area contributed by atoms with Gasteiger partial charge in [-0.3, -0.25) is 0 Å². The highest BCUT2D eigenvalue weighted by atomic mass is 32.2. The molecule has 0 bridgehead atoms. The Labute approximate surface area is 129 Å². The lowest BCUT2D eigenvalue weighted by molar-refractivity contribution is -0.0964. The second-order valence-electron chi connectivity index (χ2n) is 5.86. The van der Waals surface area contributed by atoms with Crippen LogP contribution in [0, 0.1) is 5.82 Å². The average molecular weight is 311 g/mol. The van der Waals surface area contributed by atoms with Crippen molar-refractivity contribution in [2.75, 3.05) is 25.2 Å². The van der Waals surface area contributed by atoms with Gasteiger partial charge in [0.05, 0.1) is 12.2 Å². The summed E-state index contributed by atoms with van der Waals surface area (Å²) in [5, 5.41) is 3.02. The van der Waals surface area contributed by atoms with Crippen LogP contribution >= 0.6 is 11.8 Å². The standard InChI is InChI=1S/C16H22FNO2S/c1-18-10-12-2-3-15(14(17)8-12)20-13-4-6-19-16(9-13)5-7-21-11-16/h2-3,8,13,18H,4-7,9-11H2,1H3. The van der Waals surface area contributed by atoms with Gasteiger partial charge in [-0.15, -0.1) is 0 Å². The lowest BCUT2D eigenvalue weighted by Crippen LogP contribution is -2.43. The van der Waals surface area contributed by atoms with E-state index in [2.05, 4.69) is 5.32 Å². The van der Waals surface area contributed by atoms with Crippen molar-refractivity contribution in [2.24, 2.45) is 0 Å². The summed E-state index contributed by atoms with van der Waals surface area (Å²) in [6, 6.07) is 5.20. The Hall–Kier alpha value is -0.780. The molecule has 2 heterocycles. The molecule has 2 aliphatic heterocycles. The Morgan fingerprint density at radius 3 is 3.14 bits per heavy atom. The smallest absolute Gasteiger partial charge is 0.165 e. The highest BCUT2D eigenvalue weighted by Crippen LogP contribution is 2.39. The van der Waals surface area contributed by atoms with E-state index < -0.39 is 0 Å². The van der Waals surface area contributed by atoms with E-state index in [0.717, 1.165) is 36.3 Å². The van der Waals surface area contributed by atoms with Gasteiger partial charge in [0.2, 0.25) is 0 Å². The van der Waals surface area contributed by atoms with Crippen molar-refractivity contribution in [3.05, 3.63) is 29.6 Å². The van der Waals surface area contributed by atoms with Crippen LogP contribution in [0.5, 0.6) is 5.75 Å². The zero-order valence-electron chi connectivity index (χ0n) is 12.4. The fourth-order valence-corrected chi connectivity index (χ4v) is 4.46. The number of benzene rings is 1. The first-order valence-electron chi connectivity index (χ1n) is 7.52. The summed E-state index contributed by atoms with van der Waals surface area (Å²) in [6.45, 7) is 1.37. The van der Waals surface area contributed by atoms with Crippen LogP contribution in [-0.4, -0.2) is 36.9 Å². The summed E-state index contributed by atoms with van der Waals surface area (Å²) in [7, 11) is 1.85. The number of nitrogens with one attached hydrogen (secondary N) is 1. The molecule has 2 atom stereocenters. The highest BCUT2D eigenvalue weighted by molar-refractivity contribution is 7.99. The molecule has 0 amide bonds. The minimum Gasteiger partial charge on any atom is -0.487 e. The number of ether oxygens (including phenoxy) is 2. The maximum Gasteiger partial charge on any atom is 0.165 e. The second kappa shape index (κ2) is 6.55. The summed E-state index contributed by atoms with van der Waals surface area (Å²) in [5.41, 5.74) is 0.897. The van der Waals surface area contributed by atoms with Gasteiger partial charge in [-0.1, -0.05) is 6.07 Å². The molecular formula is C16H22FNO2S. The molecule has 1 N–H and O–H groups in total. The summed E-state index contributed by atoms with van der Waals surface area (Å²) >= 11 is 1.94. The maximum atomic E-state index is 14.1. The van der Waals surface area contributed by atoms with Crippen molar-refractivity contribution in [1.29, 1.82) is 0 Å². The van der Waals surface area contributed by atoms with E-state index in [1.54, 1.807) is 12.1 Å². The molecule has 2 fully saturated rings. The van der Waals surface area contributed by atoms with E-state index in [0.29, 0.717) is 18.9 Å². The lowest BCUT2D eigenvalue weighted by Gasteiger charge is -2.37. The summed E-state index contributed by atoms with van der Waals surface area (Å²) < 4.78 is 26.0. The molecule has 2 aliphatic rings. The minimum atomic E-state index is -0.274. The third-order valence-corrected chi connectivity index (χ3v) is 5.41. The normalized spacial score (nSPS) is 29.0. The quantitative estimate of drug-likeness (QED) is 0.926. The number of rotatable bonds is 4. The van der Waals surface area contributed by atoms with Crippen LogP contribution < -0.4 is 10.1 Å². The largest absolute Gasteiger partial charge is 0.487 e. The third-order valence-electron chi connectivity index (χ3n) is 4.19. The van der Waals surface area contributed by atoms with Gasteiger partial charge >= 0.3 is 0 Å². The molecule has 0 radical (unpaired) electrons. The van der Waals surface area contributed by atoms with E-state index in [9.17, 15) is 4.39 Å². The van der Waals surface area contributed by atoms with Crippen molar-refractivity contribution < 1.29 is 13.9 Å². The van der Waals surface area contributed by atoms with Crippen LogP contribution in [0.4, 0.5) is 4.39 Å². The van der Waals surface area contributed by atoms with E-state index >= 15 is 0 Å². The molecule has 116 valence electrons. The van der Waals surface area contributed by atoms with Crippen molar-refractivity contribution >= 4 is 11.8 Å². The molecule has 1 aromatic carbocycles. The van der Waals surface area contributed by atoms with E-state index in [1.165, 1.54) is 0 Å². The Balaban J connectivity index is 1.65. The molecule has 3 rings (SSSR count). The molecule has 0 aromatic heterocycles. The number of thioether (sulfide) groups is 1. The van der Waals surface area contributed by atoms with Gasteiger partial charge in [-0.25, -0.2) is 4.39 Å². The molecule has 2 saturated heterocycles. The van der Waals surface area contributed by atoms with Crippen molar-refractivity contribution in [1.82, 2.24) is 5.32 Å². The fourth-order valence-electron chi connectivity index (χ4n) is 3.08. The average Bonchev–Trinajstić information content (AvgIpc) is 2.90. The number of halogens is 1. The van der Waals surface area contributed by atoms with E-state index in [-0.39, 0.29) is 17.5 Å². The lowest BCUT2D eigenvalue weighted by atomic mass is 9.91. The molecule has 1 spiro atoms. The Bertz CT molecular complexity index is 491. The molecule has 21 heavy (non-hydrogen) atoms. The fraction of sp³-hybridized carbons (Fsp3) is 0.625. The monoisotopic (exact) mass is 311 g/mol. The zero-order chi connectivity index (χ0) is 14.7. The molecular weight excluding hydrogens is 289 g/mol. The van der Waals surface area contributed by atoms with Gasteiger partial charge in [-0.2, -0.15) is 11.8 Å². The van der Waals surface area contributed by atoms with Gasteiger partial charge in [0.1, 0.15) is 6.10 Å². The Morgan fingerprint density at radius 1 is 1.52 bits per heavy atom. The number of hydrogen-bond donors (Lipinski definition) is 1. The Kier molecular flexibility index (Phi) is 4.72. The van der Waals surface area contributed by atoms with Gasteiger partial charge in [-0.05, 0) is 36.9 Å². The van der Waals surface area contributed by atoms with Crippen LogP contribution in [0.2, 0.25) is 0 Å². The molecule has 0 aliphatic carbocycles. The summed E-state index contributed by atoms with van der Waals surface area (Å²) in [6.07, 6.45) is 2.85. The number of hydrogen-bond acceptors (Lipinski definition) is 4. The first-order chi connectivity index (χ1) is 10.2. The SMILES string of the molecule is CNCc1ccc(OC2CCOC3(CCSC3)C2)c(F)c1. The van der Waals surface area contributed by atoms with Gasteiger partial charge in [0, 0.05) is 25.1 Å². The van der Waals surface area contributed by atoms with Crippen molar-refractivity contribution in [3.63, 3.8) is 0 Å². The van der Waals surface area contributed by atoms with Crippen LogP contribution in [0.25, 0.3) is 0 Å². The molecule has 3 nitrogen and oxygen atoms in total. The summed E-state index contributed by atoms with van der Waals surface area (Å²) in [4.78, 5) is 0. The van der Waals surface area contributed by atoms with E-state index in [1.807, 2.05) is 24.9 Å². The Morgan fingerprint density at radius 2 is 2.43 bits per heavy atom. The van der Waals surface area contributed by atoms with Crippen molar-refractivity contribution in [3.8, 4) is 5.75 Å². The predicted molar refractivity (Wildman–Crippen MR) is 83.4 cm³/mol. The van der Waals surface area contributed by atoms with Crippen LogP contribution in [0.3, 0.4) is 0 Å². The van der Waals surface area contributed by atoms with Crippen LogP contribution in [0.15, 0.2) is 18.2 Å². The first kappa shape index (κ1) is 15.1. The second-order valence-corrected chi connectivity index (χ2v) is 6.97. The predicted octanol–water partition coefficient (Wildman–Crippen LogP) is 2.98. The third kappa shape index (κ3) is 3.52.